The first-order valence-electron chi connectivity index (χ1n) is 8.32. The normalized spacial score (nSPS) is 12.6. The number of benzene rings is 1. The Morgan fingerprint density at radius 1 is 1.00 bits per heavy atom. The van der Waals surface area contributed by atoms with Crippen molar-refractivity contribution in [2.75, 3.05) is 33.0 Å². The van der Waals surface area contributed by atoms with Crippen molar-refractivity contribution in [3.63, 3.8) is 0 Å². The van der Waals surface area contributed by atoms with Gasteiger partial charge in [-0.25, -0.2) is 0 Å². The summed E-state index contributed by atoms with van der Waals surface area (Å²) < 4.78 is 17.5. The molecule has 0 atom stereocenters. The lowest BCUT2D eigenvalue weighted by Crippen LogP contribution is -2.46. The minimum absolute atomic E-state index is 0.0606. The molecule has 0 aromatic heterocycles. The molecule has 1 aromatic rings. The van der Waals surface area contributed by atoms with Gasteiger partial charge in [-0.1, -0.05) is 30.3 Å². The SMILES string of the molecule is CCO[Si](CCCN=C(CO)c1ccccc1)(OCC)OCC. The van der Waals surface area contributed by atoms with Crippen LogP contribution in [0.4, 0.5) is 0 Å². The van der Waals surface area contributed by atoms with Crippen molar-refractivity contribution in [2.24, 2.45) is 4.99 Å². The van der Waals surface area contributed by atoms with Gasteiger partial charge in [-0.3, -0.25) is 4.99 Å². The van der Waals surface area contributed by atoms with Crippen molar-refractivity contribution < 1.29 is 18.4 Å². The molecule has 0 fully saturated rings. The smallest absolute Gasteiger partial charge is 0.390 e. The number of hydrogen-bond acceptors (Lipinski definition) is 5. The fourth-order valence-electron chi connectivity index (χ4n) is 2.37. The summed E-state index contributed by atoms with van der Waals surface area (Å²) in [6.45, 7) is 8.18. The zero-order valence-electron chi connectivity index (χ0n) is 14.5. The van der Waals surface area contributed by atoms with Crippen LogP contribution in [0.25, 0.3) is 0 Å². The van der Waals surface area contributed by atoms with E-state index in [1.54, 1.807) is 0 Å². The molecular weight excluding hydrogens is 310 g/mol. The number of aliphatic hydroxyl groups is 1. The molecule has 0 aliphatic rings. The van der Waals surface area contributed by atoms with E-state index in [0.29, 0.717) is 32.1 Å². The third kappa shape index (κ3) is 6.93. The van der Waals surface area contributed by atoms with Crippen LogP contribution >= 0.6 is 0 Å². The first-order valence-corrected chi connectivity index (χ1v) is 10.3. The van der Waals surface area contributed by atoms with Crippen LogP contribution in [0.15, 0.2) is 35.3 Å². The molecule has 0 aliphatic carbocycles. The zero-order chi connectivity index (χ0) is 17.0. The van der Waals surface area contributed by atoms with Crippen LogP contribution < -0.4 is 0 Å². The molecule has 1 N–H and O–H groups in total. The topological polar surface area (TPSA) is 60.3 Å². The zero-order valence-corrected chi connectivity index (χ0v) is 15.5. The van der Waals surface area contributed by atoms with E-state index in [1.165, 1.54) is 0 Å². The Morgan fingerprint density at radius 3 is 2.04 bits per heavy atom. The van der Waals surface area contributed by atoms with Gasteiger partial charge in [0.1, 0.15) is 0 Å². The van der Waals surface area contributed by atoms with Gasteiger partial charge in [0.15, 0.2) is 0 Å². The maximum Gasteiger partial charge on any atom is 0.500 e. The first kappa shape index (κ1) is 20.0. The summed E-state index contributed by atoms with van der Waals surface area (Å²) in [5, 5.41) is 9.50. The molecule has 0 amide bonds. The first-order chi connectivity index (χ1) is 11.2. The second-order valence-electron chi connectivity index (χ2n) is 4.94. The number of nitrogens with zero attached hydrogens (tertiary/aromatic N) is 1. The molecule has 0 bridgehead atoms. The maximum absolute atomic E-state index is 9.50. The van der Waals surface area contributed by atoms with Gasteiger partial charge in [-0.05, 0) is 32.8 Å². The summed E-state index contributed by atoms with van der Waals surface area (Å²) in [6, 6.07) is 10.5. The minimum atomic E-state index is -2.59. The van der Waals surface area contributed by atoms with E-state index in [1.807, 2.05) is 51.1 Å². The summed E-state index contributed by atoms with van der Waals surface area (Å²) >= 11 is 0. The molecule has 6 heteroatoms. The summed E-state index contributed by atoms with van der Waals surface area (Å²) in [5.41, 5.74) is 1.67. The van der Waals surface area contributed by atoms with Crippen LogP contribution in [-0.4, -0.2) is 52.6 Å². The molecule has 0 unspecified atom stereocenters. The Bertz CT molecular complexity index is 436. The van der Waals surface area contributed by atoms with Gasteiger partial charge in [0.05, 0.1) is 12.3 Å². The van der Waals surface area contributed by atoms with Gasteiger partial charge < -0.3 is 18.4 Å². The van der Waals surface area contributed by atoms with Crippen LogP contribution in [0.3, 0.4) is 0 Å². The molecule has 0 radical (unpaired) electrons. The Morgan fingerprint density at radius 2 is 1.57 bits per heavy atom. The largest absolute Gasteiger partial charge is 0.500 e. The van der Waals surface area contributed by atoms with E-state index in [0.717, 1.165) is 18.0 Å². The second-order valence-corrected chi connectivity index (χ2v) is 7.67. The number of hydrogen-bond donors (Lipinski definition) is 1. The predicted octanol–water partition coefficient (Wildman–Crippen LogP) is 2.91. The highest BCUT2D eigenvalue weighted by atomic mass is 28.4. The molecule has 23 heavy (non-hydrogen) atoms. The quantitative estimate of drug-likeness (QED) is 0.361. The lowest BCUT2D eigenvalue weighted by Gasteiger charge is -2.28. The fourth-order valence-corrected chi connectivity index (χ4v) is 4.97. The monoisotopic (exact) mass is 339 g/mol. The molecular formula is C17H29NO4Si. The average molecular weight is 340 g/mol. The van der Waals surface area contributed by atoms with E-state index in [9.17, 15) is 5.11 Å². The molecule has 0 heterocycles. The highest BCUT2D eigenvalue weighted by Gasteiger charge is 2.39. The van der Waals surface area contributed by atoms with Crippen LogP contribution in [0.5, 0.6) is 0 Å². The summed E-state index contributed by atoms with van der Waals surface area (Å²) in [5.74, 6) is 0. The molecule has 0 saturated heterocycles. The Balaban J connectivity index is 2.62. The van der Waals surface area contributed by atoms with Crippen LogP contribution in [0.1, 0.15) is 32.8 Å². The fraction of sp³-hybridized carbons (Fsp3) is 0.588. The van der Waals surface area contributed by atoms with Gasteiger partial charge in [0.25, 0.3) is 0 Å². The van der Waals surface area contributed by atoms with Gasteiger partial charge in [0, 0.05) is 32.4 Å². The molecule has 0 spiro atoms. The lowest BCUT2D eigenvalue weighted by molar-refractivity contribution is 0.0710. The minimum Gasteiger partial charge on any atom is -0.390 e. The molecule has 0 aliphatic heterocycles. The molecule has 1 rings (SSSR count). The average Bonchev–Trinajstić information content (AvgIpc) is 2.56. The van der Waals surface area contributed by atoms with Crippen LogP contribution in [-0.2, 0) is 13.3 Å². The van der Waals surface area contributed by atoms with E-state index in [2.05, 4.69) is 4.99 Å². The van der Waals surface area contributed by atoms with E-state index in [4.69, 9.17) is 13.3 Å². The van der Waals surface area contributed by atoms with Gasteiger partial charge in [-0.2, -0.15) is 0 Å². The third-order valence-electron chi connectivity index (χ3n) is 3.29. The predicted molar refractivity (Wildman–Crippen MR) is 95.0 cm³/mol. The Kier molecular flexibility index (Phi) is 9.98. The number of aliphatic hydroxyl groups excluding tert-OH is 1. The Labute approximate surface area is 140 Å². The molecule has 130 valence electrons. The highest BCUT2D eigenvalue weighted by molar-refractivity contribution is 6.60. The van der Waals surface area contributed by atoms with Crippen molar-refractivity contribution in [1.29, 1.82) is 0 Å². The van der Waals surface area contributed by atoms with Gasteiger partial charge in [0.2, 0.25) is 0 Å². The second kappa shape index (κ2) is 11.5. The Hall–Kier alpha value is -1.05. The summed E-state index contributed by atoms with van der Waals surface area (Å²) in [6.07, 6.45) is 0.808. The highest BCUT2D eigenvalue weighted by Crippen LogP contribution is 2.18. The van der Waals surface area contributed by atoms with Crippen molar-refractivity contribution in [1.82, 2.24) is 0 Å². The van der Waals surface area contributed by atoms with E-state index >= 15 is 0 Å². The van der Waals surface area contributed by atoms with Crippen LogP contribution in [0.2, 0.25) is 6.04 Å². The van der Waals surface area contributed by atoms with E-state index < -0.39 is 8.80 Å². The lowest BCUT2D eigenvalue weighted by atomic mass is 10.1. The van der Waals surface area contributed by atoms with Crippen molar-refractivity contribution in [2.45, 2.75) is 33.2 Å². The van der Waals surface area contributed by atoms with Crippen LogP contribution in [0, 0.1) is 0 Å². The molecule has 0 saturated carbocycles. The van der Waals surface area contributed by atoms with Crippen molar-refractivity contribution in [3.05, 3.63) is 35.9 Å². The maximum atomic E-state index is 9.50. The standard InChI is InChI=1S/C17H29NO4Si/c1-4-20-23(21-5-2,22-6-3)14-10-13-18-17(15-19)16-11-8-7-9-12-16/h7-9,11-12,19H,4-6,10,13-15H2,1-3H3. The van der Waals surface area contributed by atoms with Gasteiger partial charge in [-0.15, -0.1) is 0 Å². The summed E-state index contributed by atoms with van der Waals surface area (Å²) in [7, 11) is -2.59. The third-order valence-corrected chi connectivity index (χ3v) is 6.44. The summed E-state index contributed by atoms with van der Waals surface area (Å²) in [4.78, 5) is 4.52. The number of rotatable bonds is 12. The van der Waals surface area contributed by atoms with Gasteiger partial charge >= 0.3 is 8.80 Å². The molecule has 5 nitrogen and oxygen atoms in total. The van der Waals surface area contributed by atoms with Crippen molar-refractivity contribution >= 4 is 14.5 Å². The number of aliphatic imine (C=N–C) groups is 1. The molecule has 1 aromatic carbocycles. The van der Waals surface area contributed by atoms with E-state index in [-0.39, 0.29) is 6.61 Å². The van der Waals surface area contributed by atoms with Crippen molar-refractivity contribution in [3.8, 4) is 0 Å².